The summed E-state index contributed by atoms with van der Waals surface area (Å²) in [5.41, 5.74) is 3.98. The van der Waals surface area contributed by atoms with Crippen LogP contribution in [0.4, 0.5) is 0 Å². The second-order valence-corrected chi connectivity index (χ2v) is 6.05. The van der Waals surface area contributed by atoms with Crippen LogP contribution in [0.5, 0.6) is 0 Å². The molecule has 0 saturated heterocycles. The van der Waals surface area contributed by atoms with Gasteiger partial charge in [0.25, 0.3) is 0 Å². The van der Waals surface area contributed by atoms with Crippen LogP contribution in [0.2, 0.25) is 0 Å². The molecule has 2 atom stereocenters. The van der Waals surface area contributed by atoms with Gasteiger partial charge >= 0.3 is 5.97 Å². The smallest absolute Gasteiger partial charge is 0.308 e. The summed E-state index contributed by atoms with van der Waals surface area (Å²) in [7, 11) is 1.47. The van der Waals surface area contributed by atoms with Gasteiger partial charge in [0.15, 0.2) is 0 Å². The minimum atomic E-state index is -0.0425. The fraction of sp³-hybridized carbons (Fsp3) is 0.533. The molecule has 0 amide bonds. The van der Waals surface area contributed by atoms with Crippen LogP contribution in [-0.2, 0) is 16.0 Å². The summed E-state index contributed by atoms with van der Waals surface area (Å²) in [5.74, 6) is 0.630. The Morgan fingerprint density at radius 2 is 2.06 bits per heavy atom. The summed E-state index contributed by atoms with van der Waals surface area (Å²) >= 11 is 3.62. The number of hydrogen-bond acceptors (Lipinski definition) is 2. The standard InChI is InChI=1S/C15H19BrO2/c1-9-6-12(14(16)7-10(9)2)5-4-11-8-13(11)15(17)18-3/h6-7,11,13H,4-5,8H2,1-3H3. The monoisotopic (exact) mass is 310 g/mol. The maximum Gasteiger partial charge on any atom is 0.308 e. The van der Waals surface area contributed by atoms with Crippen molar-refractivity contribution >= 4 is 21.9 Å². The Labute approximate surface area is 117 Å². The van der Waals surface area contributed by atoms with Crippen LogP contribution >= 0.6 is 15.9 Å². The zero-order valence-corrected chi connectivity index (χ0v) is 12.7. The normalized spacial score (nSPS) is 21.8. The molecule has 2 nitrogen and oxygen atoms in total. The van der Waals surface area contributed by atoms with Crippen molar-refractivity contribution in [2.45, 2.75) is 33.1 Å². The van der Waals surface area contributed by atoms with Gasteiger partial charge in [0.2, 0.25) is 0 Å². The van der Waals surface area contributed by atoms with Gasteiger partial charge in [-0.2, -0.15) is 0 Å². The fourth-order valence-electron chi connectivity index (χ4n) is 2.38. The molecule has 0 bridgehead atoms. The predicted octanol–water partition coefficient (Wildman–Crippen LogP) is 3.81. The number of benzene rings is 1. The number of esters is 1. The van der Waals surface area contributed by atoms with Gasteiger partial charge < -0.3 is 4.74 Å². The Morgan fingerprint density at radius 3 is 2.72 bits per heavy atom. The summed E-state index contributed by atoms with van der Waals surface area (Å²) in [6, 6.07) is 4.42. The van der Waals surface area contributed by atoms with E-state index >= 15 is 0 Å². The number of methoxy groups -OCH3 is 1. The van der Waals surface area contributed by atoms with E-state index in [0.717, 1.165) is 19.3 Å². The first-order chi connectivity index (χ1) is 8.52. The highest BCUT2D eigenvalue weighted by Crippen LogP contribution is 2.43. The molecule has 2 unspecified atom stereocenters. The molecule has 1 fully saturated rings. The Bertz CT molecular complexity index is 468. The lowest BCUT2D eigenvalue weighted by Crippen LogP contribution is -2.04. The van der Waals surface area contributed by atoms with Crippen molar-refractivity contribution in [1.82, 2.24) is 0 Å². The molecule has 3 heteroatoms. The van der Waals surface area contributed by atoms with Crippen molar-refractivity contribution in [3.8, 4) is 0 Å². The zero-order chi connectivity index (χ0) is 13.3. The minimum absolute atomic E-state index is 0.0425. The number of hydrogen-bond donors (Lipinski definition) is 0. The Kier molecular flexibility index (Phi) is 4.10. The van der Waals surface area contributed by atoms with E-state index < -0.39 is 0 Å². The number of carbonyl (C=O) groups excluding carboxylic acids is 1. The van der Waals surface area contributed by atoms with Crippen molar-refractivity contribution in [1.29, 1.82) is 0 Å². The van der Waals surface area contributed by atoms with Crippen molar-refractivity contribution in [3.05, 3.63) is 33.3 Å². The van der Waals surface area contributed by atoms with Crippen LogP contribution in [0.3, 0.4) is 0 Å². The number of halogens is 1. The molecule has 0 radical (unpaired) electrons. The Balaban J connectivity index is 1.92. The summed E-state index contributed by atoms with van der Waals surface area (Å²) in [6.07, 6.45) is 3.09. The van der Waals surface area contributed by atoms with Gasteiger partial charge in [0.05, 0.1) is 13.0 Å². The number of aryl methyl sites for hydroxylation is 3. The summed E-state index contributed by atoms with van der Waals surface area (Å²) in [6.45, 7) is 4.26. The molecule has 0 aromatic heterocycles. The molecular weight excluding hydrogens is 292 g/mol. The average molecular weight is 311 g/mol. The number of ether oxygens (including phenoxy) is 1. The van der Waals surface area contributed by atoms with Gasteiger partial charge in [-0.25, -0.2) is 0 Å². The second-order valence-electron chi connectivity index (χ2n) is 5.19. The molecular formula is C15H19BrO2. The molecule has 2 rings (SSSR count). The van der Waals surface area contributed by atoms with E-state index in [1.807, 2.05) is 0 Å². The highest BCUT2D eigenvalue weighted by Gasteiger charge is 2.43. The van der Waals surface area contributed by atoms with E-state index in [1.54, 1.807) is 0 Å². The van der Waals surface area contributed by atoms with E-state index in [1.165, 1.54) is 28.3 Å². The molecule has 1 saturated carbocycles. The molecule has 98 valence electrons. The maximum absolute atomic E-state index is 11.3. The highest BCUT2D eigenvalue weighted by molar-refractivity contribution is 9.10. The van der Waals surface area contributed by atoms with Crippen LogP contribution in [0.15, 0.2) is 16.6 Å². The van der Waals surface area contributed by atoms with E-state index in [2.05, 4.69) is 41.9 Å². The summed E-state index contributed by atoms with van der Waals surface area (Å²) in [5, 5.41) is 0. The minimum Gasteiger partial charge on any atom is -0.469 e. The molecule has 0 heterocycles. The maximum atomic E-state index is 11.3. The number of rotatable bonds is 4. The van der Waals surface area contributed by atoms with E-state index in [9.17, 15) is 4.79 Å². The van der Waals surface area contributed by atoms with E-state index in [-0.39, 0.29) is 11.9 Å². The van der Waals surface area contributed by atoms with Crippen molar-refractivity contribution in [3.63, 3.8) is 0 Å². The summed E-state index contributed by atoms with van der Waals surface area (Å²) < 4.78 is 5.95. The largest absolute Gasteiger partial charge is 0.469 e. The molecule has 1 aromatic carbocycles. The SMILES string of the molecule is COC(=O)C1CC1CCc1cc(C)c(C)cc1Br. The highest BCUT2D eigenvalue weighted by atomic mass is 79.9. The lowest BCUT2D eigenvalue weighted by Gasteiger charge is -2.08. The molecule has 0 aliphatic heterocycles. The summed E-state index contributed by atoms with van der Waals surface area (Å²) in [4.78, 5) is 11.3. The van der Waals surface area contributed by atoms with Gasteiger partial charge in [-0.1, -0.05) is 22.0 Å². The number of carbonyl (C=O) groups is 1. The van der Waals surface area contributed by atoms with Crippen LogP contribution in [-0.4, -0.2) is 13.1 Å². The lowest BCUT2D eigenvalue weighted by molar-refractivity contribution is -0.142. The predicted molar refractivity (Wildman–Crippen MR) is 75.6 cm³/mol. The van der Waals surface area contributed by atoms with Gasteiger partial charge in [0, 0.05) is 4.47 Å². The molecule has 1 aliphatic rings. The van der Waals surface area contributed by atoms with Crippen molar-refractivity contribution in [2.24, 2.45) is 11.8 Å². The third-order valence-electron chi connectivity index (χ3n) is 3.87. The van der Waals surface area contributed by atoms with Crippen LogP contribution in [0, 0.1) is 25.7 Å². The zero-order valence-electron chi connectivity index (χ0n) is 11.1. The van der Waals surface area contributed by atoms with Gasteiger partial charge in [-0.3, -0.25) is 4.79 Å². The van der Waals surface area contributed by atoms with Crippen molar-refractivity contribution < 1.29 is 9.53 Å². The first-order valence-electron chi connectivity index (χ1n) is 6.36. The van der Waals surface area contributed by atoms with Gasteiger partial charge in [0.1, 0.15) is 0 Å². The van der Waals surface area contributed by atoms with Crippen molar-refractivity contribution in [2.75, 3.05) is 7.11 Å². The molecule has 0 N–H and O–H groups in total. The average Bonchev–Trinajstić information content (AvgIpc) is 3.10. The Morgan fingerprint density at radius 1 is 1.39 bits per heavy atom. The molecule has 0 spiro atoms. The van der Waals surface area contributed by atoms with Crippen LogP contribution in [0.25, 0.3) is 0 Å². The Hall–Kier alpha value is -0.830. The molecule has 18 heavy (non-hydrogen) atoms. The van der Waals surface area contributed by atoms with Crippen LogP contribution < -0.4 is 0 Å². The lowest BCUT2D eigenvalue weighted by atomic mass is 10.0. The molecule has 1 aromatic rings. The van der Waals surface area contributed by atoms with Gasteiger partial charge in [-0.05, 0) is 61.8 Å². The van der Waals surface area contributed by atoms with Crippen LogP contribution in [0.1, 0.15) is 29.5 Å². The first kappa shape index (κ1) is 13.6. The topological polar surface area (TPSA) is 26.3 Å². The van der Waals surface area contributed by atoms with Gasteiger partial charge in [-0.15, -0.1) is 0 Å². The first-order valence-corrected chi connectivity index (χ1v) is 7.15. The van der Waals surface area contributed by atoms with E-state index in [4.69, 9.17) is 4.74 Å². The third kappa shape index (κ3) is 2.94. The molecule has 1 aliphatic carbocycles. The quantitative estimate of drug-likeness (QED) is 0.791. The fourth-order valence-corrected chi connectivity index (χ4v) is 3.04. The third-order valence-corrected chi connectivity index (χ3v) is 4.61. The second kappa shape index (κ2) is 5.43. The van der Waals surface area contributed by atoms with E-state index in [0.29, 0.717) is 5.92 Å².